The van der Waals surface area contributed by atoms with E-state index < -0.39 is 10.0 Å². The van der Waals surface area contributed by atoms with Crippen LogP contribution in [0.25, 0.3) is 0 Å². The zero-order valence-electron chi connectivity index (χ0n) is 17.0. The molecule has 0 saturated carbocycles. The fourth-order valence-corrected chi connectivity index (χ4v) is 4.54. The van der Waals surface area contributed by atoms with E-state index >= 15 is 0 Å². The van der Waals surface area contributed by atoms with Gasteiger partial charge in [-0.05, 0) is 67.4 Å². The van der Waals surface area contributed by atoms with Gasteiger partial charge in [0.25, 0.3) is 15.9 Å². The Morgan fingerprint density at radius 1 is 1.00 bits per heavy atom. The maximum Gasteiger partial charge on any atom is 0.264 e. The van der Waals surface area contributed by atoms with E-state index in [1.807, 2.05) is 31.2 Å². The third-order valence-corrected chi connectivity index (χ3v) is 6.84. The third-order valence-electron chi connectivity index (χ3n) is 4.81. The minimum absolute atomic E-state index is 0.147. The lowest BCUT2D eigenvalue weighted by molar-refractivity contribution is 0.0951. The van der Waals surface area contributed by atoms with E-state index in [0.717, 1.165) is 11.1 Å². The van der Waals surface area contributed by atoms with Gasteiger partial charge in [0.15, 0.2) is 0 Å². The molecule has 3 rings (SSSR count). The predicted octanol–water partition coefficient (Wildman–Crippen LogP) is 4.71. The number of hydrogen-bond acceptors (Lipinski definition) is 3. The molecule has 7 heteroatoms. The first-order valence-electron chi connectivity index (χ1n) is 9.37. The van der Waals surface area contributed by atoms with Gasteiger partial charge >= 0.3 is 0 Å². The Morgan fingerprint density at radius 3 is 2.33 bits per heavy atom. The molecule has 0 aliphatic carbocycles. The quantitative estimate of drug-likeness (QED) is 0.601. The van der Waals surface area contributed by atoms with Gasteiger partial charge in [0.05, 0.1) is 10.6 Å². The first-order valence-corrected chi connectivity index (χ1v) is 11.2. The third kappa shape index (κ3) is 4.83. The Labute approximate surface area is 182 Å². The number of halogens is 1. The normalized spacial score (nSPS) is 11.2. The second kappa shape index (κ2) is 8.90. The summed E-state index contributed by atoms with van der Waals surface area (Å²) in [6, 6.07) is 18.9. The number of anilines is 1. The average Bonchev–Trinajstić information content (AvgIpc) is 2.72. The first kappa shape index (κ1) is 21.9. The number of rotatable bonds is 6. The Morgan fingerprint density at radius 2 is 1.70 bits per heavy atom. The number of carbonyl (C=O) groups excluding carboxylic acids is 1. The van der Waals surface area contributed by atoms with Gasteiger partial charge in [-0.2, -0.15) is 0 Å². The molecule has 1 amide bonds. The van der Waals surface area contributed by atoms with Crippen molar-refractivity contribution < 1.29 is 13.2 Å². The van der Waals surface area contributed by atoms with Crippen LogP contribution < -0.4 is 9.62 Å². The average molecular weight is 443 g/mol. The lowest BCUT2D eigenvalue weighted by Crippen LogP contribution is -2.27. The molecule has 0 unspecified atom stereocenters. The number of amides is 1. The van der Waals surface area contributed by atoms with Gasteiger partial charge in [-0.1, -0.05) is 41.4 Å². The molecule has 0 bridgehead atoms. The smallest absolute Gasteiger partial charge is 0.264 e. The van der Waals surface area contributed by atoms with Crippen molar-refractivity contribution >= 4 is 33.2 Å². The molecule has 3 aromatic carbocycles. The molecular weight excluding hydrogens is 420 g/mol. The summed E-state index contributed by atoms with van der Waals surface area (Å²) in [7, 11) is -2.25. The molecule has 0 radical (unpaired) electrons. The summed E-state index contributed by atoms with van der Waals surface area (Å²) in [5.41, 5.74) is 3.80. The summed E-state index contributed by atoms with van der Waals surface area (Å²) in [5, 5.41) is 3.36. The monoisotopic (exact) mass is 442 g/mol. The van der Waals surface area contributed by atoms with E-state index in [1.54, 1.807) is 25.1 Å². The van der Waals surface area contributed by atoms with Crippen molar-refractivity contribution in [1.29, 1.82) is 0 Å². The van der Waals surface area contributed by atoms with Gasteiger partial charge in [0.1, 0.15) is 0 Å². The summed E-state index contributed by atoms with van der Waals surface area (Å²) >= 11 is 5.86. The van der Waals surface area contributed by atoms with Crippen LogP contribution in [-0.2, 0) is 16.6 Å². The van der Waals surface area contributed by atoms with Gasteiger partial charge < -0.3 is 5.32 Å². The molecule has 1 N–H and O–H groups in total. The molecule has 0 aliphatic heterocycles. The second-order valence-electron chi connectivity index (χ2n) is 7.10. The Kier molecular flexibility index (Phi) is 6.48. The lowest BCUT2D eigenvalue weighted by atomic mass is 10.1. The number of nitrogens with one attached hydrogen (secondary N) is 1. The molecule has 0 heterocycles. The topological polar surface area (TPSA) is 66.5 Å². The highest BCUT2D eigenvalue weighted by Gasteiger charge is 2.23. The summed E-state index contributed by atoms with van der Waals surface area (Å²) in [6.07, 6.45) is 0. The van der Waals surface area contributed by atoms with Crippen molar-refractivity contribution in [3.63, 3.8) is 0 Å². The number of carbonyl (C=O) groups is 1. The Bertz CT molecular complexity index is 1180. The molecule has 0 aromatic heterocycles. The zero-order chi connectivity index (χ0) is 21.9. The van der Waals surface area contributed by atoms with Crippen LogP contribution in [-0.4, -0.2) is 21.4 Å². The maximum absolute atomic E-state index is 12.9. The lowest BCUT2D eigenvalue weighted by Gasteiger charge is -2.22. The van der Waals surface area contributed by atoms with Gasteiger partial charge in [0.2, 0.25) is 0 Å². The summed E-state index contributed by atoms with van der Waals surface area (Å²) < 4.78 is 27.0. The van der Waals surface area contributed by atoms with Crippen LogP contribution in [0.15, 0.2) is 71.6 Å². The van der Waals surface area contributed by atoms with Crippen molar-refractivity contribution in [3.8, 4) is 0 Å². The van der Waals surface area contributed by atoms with Crippen LogP contribution in [0.1, 0.15) is 27.0 Å². The molecule has 0 saturated heterocycles. The highest BCUT2D eigenvalue weighted by Crippen LogP contribution is 2.27. The minimum Gasteiger partial charge on any atom is -0.348 e. The van der Waals surface area contributed by atoms with Crippen molar-refractivity contribution in [2.45, 2.75) is 25.3 Å². The van der Waals surface area contributed by atoms with Crippen LogP contribution in [0, 0.1) is 13.8 Å². The highest BCUT2D eigenvalue weighted by atomic mass is 35.5. The van der Waals surface area contributed by atoms with Crippen LogP contribution in [0.4, 0.5) is 5.69 Å². The number of benzene rings is 3. The van der Waals surface area contributed by atoms with Crippen molar-refractivity contribution in [2.24, 2.45) is 0 Å². The Balaban J connectivity index is 1.77. The standard InChI is InChI=1S/C23H23ClN2O3S/c1-16-5-4-6-18(13-16)15-25-23(27)19-7-12-22(17(2)14-19)26(3)30(28,29)21-10-8-20(24)9-11-21/h4-14H,15H2,1-3H3,(H,25,27). The summed E-state index contributed by atoms with van der Waals surface area (Å²) in [6.45, 7) is 4.20. The van der Waals surface area contributed by atoms with E-state index in [2.05, 4.69) is 5.32 Å². The number of sulfonamides is 1. The number of aryl methyl sites for hydroxylation is 2. The van der Waals surface area contributed by atoms with Crippen LogP contribution in [0.2, 0.25) is 5.02 Å². The predicted molar refractivity (Wildman–Crippen MR) is 121 cm³/mol. The van der Waals surface area contributed by atoms with Crippen LogP contribution in [0.3, 0.4) is 0 Å². The zero-order valence-corrected chi connectivity index (χ0v) is 18.6. The number of hydrogen-bond donors (Lipinski definition) is 1. The second-order valence-corrected chi connectivity index (χ2v) is 9.51. The van der Waals surface area contributed by atoms with Crippen LogP contribution >= 0.6 is 11.6 Å². The minimum atomic E-state index is -3.74. The SMILES string of the molecule is Cc1cccc(CNC(=O)c2ccc(N(C)S(=O)(=O)c3ccc(Cl)cc3)c(C)c2)c1. The van der Waals surface area contributed by atoms with E-state index in [1.165, 1.54) is 35.6 Å². The van der Waals surface area contributed by atoms with Gasteiger partial charge in [0, 0.05) is 24.2 Å². The molecule has 0 atom stereocenters. The summed E-state index contributed by atoms with van der Waals surface area (Å²) in [5.74, 6) is -0.214. The first-order chi connectivity index (χ1) is 14.2. The van der Waals surface area contributed by atoms with Crippen molar-refractivity contribution in [2.75, 3.05) is 11.4 Å². The molecular formula is C23H23ClN2O3S. The van der Waals surface area contributed by atoms with Crippen molar-refractivity contribution in [1.82, 2.24) is 5.32 Å². The highest BCUT2D eigenvalue weighted by molar-refractivity contribution is 7.92. The largest absolute Gasteiger partial charge is 0.348 e. The molecule has 5 nitrogen and oxygen atoms in total. The number of nitrogens with zero attached hydrogens (tertiary/aromatic N) is 1. The van der Waals surface area contributed by atoms with E-state index in [-0.39, 0.29) is 10.8 Å². The van der Waals surface area contributed by atoms with E-state index in [9.17, 15) is 13.2 Å². The van der Waals surface area contributed by atoms with E-state index in [4.69, 9.17) is 11.6 Å². The molecule has 0 fully saturated rings. The van der Waals surface area contributed by atoms with Gasteiger partial charge in [-0.3, -0.25) is 9.10 Å². The molecule has 156 valence electrons. The molecule has 0 spiro atoms. The Hall–Kier alpha value is -2.83. The molecule has 3 aromatic rings. The van der Waals surface area contributed by atoms with E-state index in [0.29, 0.717) is 28.4 Å². The molecule has 0 aliphatic rings. The molecule has 30 heavy (non-hydrogen) atoms. The fraction of sp³-hybridized carbons (Fsp3) is 0.174. The maximum atomic E-state index is 12.9. The van der Waals surface area contributed by atoms with Gasteiger partial charge in [-0.25, -0.2) is 8.42 Å². The van der Waals surface area contributed by atoms with Crippen LogP contribution in [0.5, 0.6) is 0 Å². The van der Waals surface area contributed by atoms with Crippen molar-refractivity contribution in [3.05, 3.63) is 94.0 Å². The summed E-state index contributed by atoms with van der Waals surface area (Å²) in [4.78, 5) is 12.7. The van der Waals surface area contributed by atoms with Gasteiger partial charge in [-0.15, -0.1) is 0 Å². The fourth-order valence-electron chi connectivity index (χ4n) is 3.15.